The first-order valence-electron chi connectivity index (χ1n) is 5.77. The molecule has 1 aliphatic carbocycles. The molecule has 2 aliphatic rings. The topological polar surface area (TPSA) is 43.4 Å². The molecule has 0 aromatic carbocycles. The van der Waals surface area contributed by atoms with Gasteiger partial charge in [-0.15, -0.1) is 0 Å². The number of hydrogen-bond donors (Lipinski definition) is 0. The fraction of sp³-hybridized carbons (Fsp3) is 0.818. The fourth-order valence-corrected chi connectivity index (χ4v) is 3.64. The molecule has 3 nitrogen and oxygen atoms in total. The molecule has 0 bridgehead atoms. The van der Waals surface area contributed by atoms with Crippen molar-refractivity contribution in [3.05, 3.63) is 11.0 Å². The molecule has 0 amide bonds. The Bertz CT molecular complexity index is 401. The van der Waals surface area contributed by atoms with Crippen LogP contribution in [0, 0.1) is 0 Å². The number of rotatable bonds is 2. The van der Waals surface area contributed by atoms with E-state index in [0.29, 0.717) is 23.9 Å². The average molecular weight is 265 g/mol. The molecule has 16 heavy (non-hydrogen) atoms. The highest BCUT2D eigenvalue weighted by Gasteiger charge is 2.41. The maximum Gasteiger partial charge on any atom is 0.257 e. The van der Waals surface area contributed by atoms with Crippen LogP contribution in [0.5, 0.6) is 0 Å². The Balaban J connectivity index is 2.08. The van der Waals surface area contributed by atoms with Gasteiger partial charge in [-0.3, -0.25) is 0 Å². The minimum Gasteiger partial charge on any atom is -0.371 e. The molecule has 0 N–H and O–H groups in total. The van der Waals surface area contributed by atoms with E-state index in [1.54, 1.807) is 6.08 Å². The van der Waals surface area contributed by atoms with Crippen LogP contribution in [0.1, 0.15) is 45.4 Å². The summed E-state index contributed by atoms with van der Waals surface area (Å²) in [7, 11) is 1.81. The first-order valence-corrected chi connectivity index (χ1v) is 8.08. The second-order valence-electron chi connectivity index (χ2n) is 4.68. The molecule has 0 saturated carbocycles. The van der Waals surface area contributed by atoms with Crippen molar-refractivity contribution in [1.82, 2.24) is 0 Å². The molecule has 0 aromatic rings. The van der Waals surface area contributed by atoms with Crippen molar-refractivity contribution >= 4 is 19.7 Å². The molecule has 2 atom stereocenters. The normalized spacial score (nSPS) is 35.4. The standard InChI is InChI=1S/C11H17ClO3S/c1-2-9-3-6-11(15-9)7-4-10(5-8-11)16(12,13)14/h4,9H,2-3,5-8H2,1H3. The Kier molecular flexibility index (Phi) is 3.34. The molecular formula is C11H17ClO3S. The summed E-state index contributed by atoms with van der Waals surface area (Å²) in [4.78, 5) is 0.364. The van der Waals surface area contributed by atoms with Crippen LogP contribution >= 0.6 is 10.7 Å². The van der Waals surface area contributed by atoms with Crippen LogP contribution in [0.25, 0.3) is 0 Å². The predicted octanol–water partition coefficient (Wildman–Crippen LogP) is 2.95. The van der Waals surface area contributed by atoms with Crippen LogP contribution < -0.4 is 0 Å². The van der Waals surface area contributed by atoms with Gasteiger partial charge in [-0.05, 0) is 38.5 Å². The third-order valence-corrected chi connectivity index (χ3v) is 5.23. The van der Waals surface area contributed by atoms with Gasteiger partial charge in [-0.25, -0.2) is 8.42 Å². The largest absolute Gasteiger partial charge is 0.371 e. The summed E-state index contributed by atoms with van der Waals surface area (Å²) < 4.78 is 28.4. The Hall–Kier alpha value is -0.0600. The van der Waals surface area contributed by atoms with Crippen LogP contribution in [0.2, 0.25) is 0 Å². The summed E-state index contributed by atoms with van der Waals surface area (Å²) in [6.07, 6.45) is 7.23. The summed E-state index contributed by atoms with van der Waals surface area (Å²) in [5.41, 5.74) is -0.105. The lowest BCUT2D eigenvalue weighted by Gasteiger charge is -2.32. The molecule has 1 fully saturated rings. The van der Waals surface area contributed by atoms with Gasteiger partial charge < -0.3 is 4.74 Å². The molecule has 2 rings (SSSR count). The maximum atomic E-state index is 11.2. The summed E-state index contributed by atoms with van der Waals surface area (Å²) in [5, 5.41) is 0. The lowest BCUT2D eigenvalue weighted by atomic mass is 9.86. The summed E-state index contributed by atoms with van der Waals surface area (Å²) in [6, 6.07) is 0. The fourth-order valence-electron chi connectivity index (χ4n) is 2.59. The van der Waals surface area contributed by atoms with Crippen molar-refractivity contribution in [3.8, 4) is 0 Å². The smallest absolute Gasteiger partial charge is 0.257 e. The molecule has 0 aromatic heterocycles. The van der Waals surface area contributed by atoms with Crippen LogP contribution in [-0.2, 0) is 13.8 Å². The highest BCUT2D eigenvalue weighted by atomic mass is 35.7. The van der Waals surface area contributed by atoms with E-state index in [2.05, 4.69) is 6.92 Å². The second kappa shape index (κ2) is 4.31. The van der Waals surface area contributed by atoms with E-state index in [1.165, 1.54) is 0 Å². The van der Waals surface area contributed by atoms with Crippen molar-refractivity contribution in [2.45, 2.75) is 57.2 Å². The van der Waals surface area contributed by atoms with E-state index in [1.807, 2.05) is 0 Å². The van der Waals surface area contributed by atoms with Gasteiger partial charge in [0, 0.05) is 10.7 Å². The number of ether oxygens (including phenoxy) is 1. The monoisotopic (exact) mass is 264 g/mol. The molecular weight excluding hydrogens is 248 g/mol. The summed E-state index contributed by atoms with van der Waals surface area (Å²) >= 11 is 0. The number of allylic oxidation sites excluding steroid dienone is 1. The van der Waals surface area contributed by atoms with Gasteiger partial charge in [0.05, 0.1) is 16.6 Å². The minimum atomic E-state index is -3.51. The third kappa shape index (κ3) is 2.44. The highest BCUT2D eigenvalue weighted by molar-refractivity contribution is 8.16. The van der Waals surface area contributed by atoms with Crippen LogP contribution in [0.15, 0.2) is 11.0 Å². The molecule has 2 unspecified atom stereocenters. The van der Waals surface area contributed by atoms with Gasteiger partial charge in [-0.1, -0.05) is 13.0 Å². The predicted molar refractivity (Wildman–Crippen MR) is 63.8 cm³/mol. The number of hydrogen-bond acceptors (Lipinski definition) is 3. The van der Waals surface area contributed by atoms with Crippen LogP contribution in [0.3, 0.4) is 0 Å². The van der Waals surface area contributed by atoms with Crippen molar-refractivity contribution in [1.29, 1.82) is 0 Å². The van der Waals surface area contributed by atoms with E-state index in [0.717, 1.165) is 25.7 Å². The quantitative estimate of drug-likeness (QED) is 0.720. The lowest BCUT2D eigenvalue weighted by molar-refractivity contribution is -0.0475. The first-order chi connectivity index (χ1) is 7.45. The Morgan fingerprint density at radius 1 is 1.56 bits per heavy atom. The lowest BCUT2D eigenvalue weighted by Crippen LogP contribution is -2.31. The SMILES string of the molecule is CCC1CCC2(CC=C(S(=O)(=O)Cl)CC2)O1. The van der Waals surface area contributed by atoms with E-state index in [4.69, 9.17) is 15.4 Å². The maximum absolute atomic E-state index is 11.2. The van der Waals surface area contributed by atoms with Gasteiger partial charge in [0.15, 0.2) is 0 Å². The van der Waals surface area contributed by atoms with Crippen molar-refractivity contribution in [3.63, 3.8) is 0 Å². The third-order valence-electron chi connectivity index (χ3n) is 3.64. The van der Waals surface area contributed by atoms with Gasteiger partial charge in [0.2, 0.25) is 0 Å². The van der Waals surface area contributed by atoms with E-state index in [9.17, 15) is 8.42 Å². The molecule has 0 radical (unpaired) electrons. The van der Waals surface area contributed by atoms with Gasteiger partial charge in [0.25, 0.3) is 9.05 Å². The first kappa shape index (κ1) is 12.4. The van der Waals surface area contributed by atoms with Crippen molar-refractivity contribution in [2.75, 3.05) is 0 Å². The molecule has 1 spiro atoms. The van der Waals surface area contributed by atoms with Crippen LogP contribution in [-0.4, -0.2) is 20.1 Å². The molecule has 1 aliphatic heterocycles. The van der Waals surface area contributed by atoms with Crippen LogP contribution in [0.4, 0.5) is 0 Å². The zero-order valence-corrected chi connectivity index (χ0v) is 11.0. The van der Waals surface area contributed by atoms with E-state index < -0.39 is 9.05 Å². The second-order valence-corrected chi connectivity index (χ2v) is 7.30. The molecule has 92 valence electrons. The van der Waals surface area contributed by atoms with Crippen molar-refractivity contribution < 1.29 is 13.2 Å². The van der Waals surface area contributed by atoms with E-state index >= 15 is 0 Å². The van der Waals surface area contributed by atoms with Gasteiger partial charge in [-0.2, -0.15) is 0 Å². The Morgan fingerprint density at radius 2 is 2.31 bits per heavy atom. The van der Waals surface area contributed by atoms with Crippen molar-refractivity contribution in [2.24, 2.45) is 0 Å². The minimum absolute atomic E-state index is 0.105. The molecule has 5 heteroatoms. The zero-order chi connectivity index (χ0) is 11.8. The zero-order valence-electron chi connectivity index (χ0n) is 9.41. The van der Waals surface area contributed by atoms with Gasteiger partial charge in [0.1, 0.15) is 0 Å². The van der Waals surface area contributed by atoms with E-state index in [-0.39, 0.29) is 5.60 Å². The molecule has 1 heterocycles. The Morgan fingerprint density at radius 3 is 2.75 bits per heavy atom. The summed E-state index contributed by atoms with van der Waals surface area (Å²) in [5.74, 6) is 0. The average Bonchev–Trinajstić information content (AvgIpc) is 2.61. The highest BCUT2D eigenvalue weighted by Crippen LogP contribution is 2.43. The number of halogens is 1. The molecule has 1 saturated heterocycles. The summed E-state index contributed by atoms with van der Waals surface area (Å²) in [6.45, 7) is 2.12. The van der Waals surface area contributed by atoms with Gasteiger partial charge >= 0.3 is 0 Å². The Labute approximate surface area is 101 Å².